The quantitative estimate of drug-likeness (QED) is 0.126. The van der Waals surface area contributed by atoms with E-state index in [-0.39, 0.29) is 32.6 Å². The zero-order valence-electron chi connectivity index (χ0n) is 43.7. The number of hydrogen-bond donors (Lipinski definition) is 9. The van der Waals surface area contributed by atoms with E-state index in [1.807, 2.05) is 0 Å². The largest absolute Gasteiger partial charge is 0.444 e. The fourth-order valence-electron chi connectivity index (χ4n) is 8.29. The van der Waals surface area contributed by atoms with Gasteiger partial charge < -0.3 is 94.6 Å². The average Bonchev–Trinajstić information content (AvgIpc) is 3.16. The van der Waals surface area contributed by atoms with Crippen LogP contribution < -0.4 is 31.9 Å². The monoisotopic (exact) mass is 1010 g/mol. The van der Waals surface area contributed by atoms with E-state index in [1.165, 1.54) is 14.0 Å². The number of rotatable bonds is 12. The van der Waals surface area contributed by atoms with Crippen LogP contribution in [-0.2, 0) is 52.2 Å². The molecule has 3 saturated heterocycles. The van der Waals surface area contributed by atoms with Gasteiger partial charge in [0, 0.05) is 6.54 Å². The summed E-state index contributed by atoms with van der Waals surface area (Å²) in [6, 6.07) is -5.50. The van der Waals surface area contributed by atoms with Crippen LogP contribution in [0.4, 0.5) is 19.2 Å². The van der Waals surface area contributed by atoms with E-state index in [1.54, 1.807) is 96.9 Å². The van der Waals surface area contributed by atoms with Crippen molar-refractivity contribution >= 4 is 30.3 Å². The summed E-state index contributed by atoms with van der Waals surface area (Å²) in [5.74, 6) is -2.10. The zero-order chi connectivity index (χ0) is 52.9. The van der Waals surface area contributed by atoms with Gasteiger partial charge in [0.15, 0.2) is 24.5 Å². The molecule has 404 valence electrons. The minimum Gasteiger partial charge on any atom is -0.444 e. The van der Waals surface area contributed by atoms with Crippen LogP contribution in [0.2, 0.25) is 0 Å². The van der Waals surface area contributed by atoms with Crippen molar-refractivity contribution in [3.63, 3.8) is 0 Å². The summed E-state index contributed by atoms with van der Waals surface area (Å²) in [5.41, 5.74) is -5.10. The third-order valence-corrected chi connectivity index (χ3v) is 11.1. The van der Waals surface area contributed by atoms with Gasteiger partial charge in [0.2, 0.25) is 0 Å². The molecule has 3 heterocycles. The van der Waals surface area contributed by atoms with Gasteiger partial charge in [0.05, 0.1) is 49.5 Å². The van der Waals surface area contributed by atoms with E-state index in [2.05, 4.69) is 31.9 Å². The number of amides is 5. The maximum absolute atomic E-state index is 14.6. The van der Waals surface area contributed by atoms with Crippen molar-refractivity contribution in [2.75, 3.05) is 26.8 Å². The lowest BCUT2D eigenvalue weighted by Crippen LogP contribution is -2.71. The molecule has 0 radical (unpaired) electrons. The third-order valence-electron chi connectivity index (χ3n) is 11.1. The predicted molar refractivity (Wildman–Crippen MR) is 248 cm³/mol. The van der Waals surface area contributed by atoms with E-state index < -0.39 is 143 Å². The van der Waals surface area contributed by atoms with Gasteiger partial charge in [-0.15, -0.1) is 0 Å². The molecule has 4 rings (SSSR count). The van der Waals surface area contributed by atoms with Gasteiger partial charge in [-0.1, -0.05) is 0 Å². The summed E-state index contributed by atoms with van der Waals surface area (Å²) in [6.07, 6.45) is -14.4. The molecule has 0 spiro atoms. The van der Waals surface area contributed by atoms with Crippen LogP contribution in [-0.4, -0.2) is 186 Å². The highest BCUT2D eigenvalue weighted by Gasteiger charge is 2.54. The SMILES string of the molecule is CNC1C(O)C(OC2C(NC(=O)C3OC(C)(C)OCC3NC(=O)OC(C)(C)C)CC(NC(=O)OC(C)(C)C)C(OC3OC(CNC(=O)OC(C)(C)C)CCC3NC(=O)OC(C)(C)C)C2O)OCC1(C)O. The molecule has 5 amide bonds. The normalized spacial score (nSPS) is 34.0. The number of carbonyl (C=O) groups excluding carboxylic acids is 5. The summed E-state index contributed by atoms with van der Waals surface area (Å²) in [5, 5.41) is 52.0. The van der Waals surface area contributed by atoms with Crippen molar-refractivity contribution in [2.45, 2.75) is 236 Å². The molecule has 24 heteroatoms. The Bertz CT molecular complexity index is 1790. The number of carbonyl (C=O) groups is 5. The van der Waals surface area contributed by atoms with Crippen molar-refractivity contribution in [3.8, 4) is 0 Å². The summed E-state index contributed by atoms with van der Waals surface area (Å²) in [4.78, 5) is 67.2. The first-order valence-electron chi connectivity index (χ1n) is 23.9. The zero-order valence-corrected chi connectivity index (χ0v) is 43.7. The number of alkyl carbamates (subject to hydrolysis) is 4. The van der Waals surface area contributed by atoms with Crippen molar-refractivity contribution in [1.82, 2.24) is 31.9 Å². The first-order valence-corrected chi connectivity index (χ1v) is 23.9. The van der Waals surface area contributed by atoms with Crippen molar-refractivity contribution in [1.29, 1.82) is 0 Å². The second-order valence-electron chi connectivity index (χ2n) is 22.9. The standard InChI is InChI=1S/C46H82N6O18/c1-41(2,3)67-37(56)48-20-23-17-18-24(50-38(57)68-42(4,5)6)35(63-23)64-31-26(51-39(58)69-43(7,8)9)19-25(30(28(31)53)65-36-29(54)33(47-16)46(15,60)22-61-36)49-34(55)32-27(21-62-45(13,14)66-32)52-40(59)70-44(10,11)12/h23-33,35-36,47,53-54,60H,17-22H2,1-16H3,(H,48,56)(H,49,55)(H,50,57)(H,51,58)(H,52,59). The molecule has 0 aromatic heterocycles. The number of aliphatic hydroxyl groups is 3. The fourth-order valence-corrected chi connectivity index (χ4v) is 8.29. The number of ether oxygens (including phenoxy) is 10. The van der Waals surface area contributed by atoms with E-state index in [9.17, 15) is 39.3 Å². The molecule has 0 aromatic rings. The maximum atomic E-state index is 14.6. The summed E-state index contributed by atoms with van der Waals surface area (Å²) >= 11 is 0. The summed E-state index contributed by atoms with van der Waals surface area (Å²) < 4.78 is 59.3. The molecular weight excluding hydrogens is 925 g/mol. The lowest BCUT2D eigenvalue weighted by Gasteiger charge is -2.50. The van der Waals surface area contributed by atoms with Crippen molar-refractivity contribution < 1.29 is 86.7 Å². The number of aliphatic hydroxyl groups excluding tert-OH is 2. The first kappa shape index (κ1) is 58.7. The van der Waals surface area contributed by atoms with Crippen molar-refractivity contribution in [2.24, 2.45) is 0 Å². The molecule has 24 nitrogen and oxygen atoms in total. The molecule has 9 N–H and O–H groups in total. The maximum Gasteiger partial charge on any atom is 0.408 e. The Kier molecular flexibility index (Phi) is 19.2. The number of hydrogen-bond acceptors (Lipinski definition) is 19. The number of likely N-dealkylation sites (N-methyl/N-ethyl adjacent to an activating group) is 1. The van der Waals surface area contributed by atoms with Crippen LogP contribution in [0.3, 0.4) is 0 Å². The smallest absolute Gasteiger partial charge is 0.408 e. The van der Waals surface area contributed by atoms with Crippen LogP contribution in [0.15, 0.2) is 0 Å². The van der Waals surface area contributed by atoms with Crippen LogP contribution in [0.25, 0.3) is 0 Å². The van der Waals surface area contributed by atoms with E-state index in [4.69, 9.17) is 47.4 Å². The molecule has 3 aliphatic heterocycles. The first-order chi connectivity index (χ1) is 31.9. The third kappa shape index (κ3) is 18.0. The molecule has 4 fully saturated rings. The predicted octanol–water partition coefficient (Wildman–Crippen LogP) is 1.92. The lowest BCUT2D eigenvalue weighted by atomic mass is 9.82. The Hall–Kier alpha value is -3.85. The molecule has 14 unspecified atom stereocenters. The minimum atomic E-state index is -1.83. The van der Waals surface area contributed by atoms with Crippen LogP contribution in [0, 0.1) is 0 Å². The Morgan fingerprint density at radius 2 is 1.10 bits per heavy atom. The average molecular weight is 1010 g/mol. The molecular formula is C46H82N6O18. The summed E-state index contributed by atoms with van der Waals surface area (Å²) in [7, 11) is 1.53. The second kappa shape index (κ2) is 22.9. The van der Waals surface area contributed by atoms with Gasteiger partial charge in [-0.05, 0) is 130 Å². The van der Waals surface area contributed by atoms with Crippen molar-refractivity contribution in [3.05, 3.63) is 0 Å². The Balaban J connectivity index is 1.77. The molecule has 0 bridgehead atoms. The molecule has 0 aromatic carbocycles. The van der Waals surface area contributed by atoms with E-state index in [0.29, 0.717) is 6.42 Å². The highest BCUT2D eigenvalue weighted by Crippen LogP contribution is 2.34. The van der Waals surface area contributed by atoms with Gasteiger partial charge in [-0.3, -0.25) is 4.79 Å². The molecule has 1 saturated carbocycles. The van der Waals surface area contributed by atoms with E-state index >= 15 is 0 Å². The molecule has 4 aliphatic rings. The number of nitrogens with one attached hydrogen (secondary N) is 6. The van der Waals surface area contributed by atoms with Crippen LogP contribution in [0.5, 0.6) is 0 Å². The Morgan fingerprint density at radius 3 is 1.61 bits per heavy atom. The summed E-state index contributed by atoms with van der Waals surface area (Å²) in [6.45, 7) is 24.3. The Labute approximate surface area is 411 Å². The van der Waals surface area contributed by atoms with Gasteiger partial charge >= 0.3 is 24.4 Å². The van der Waals surface area contributed by atoms with E-state index in [0.717, 1.165) is 0 Å². The molecule has 14 atom stereocenters. The van der Waals surface area contributed by atoms with Crippen LogP contribution >= 0.6 is 0 Å². The van der Waals surface area contributed by atoms with Crippen LogP contribution in [0.1, 0.15) is 123 Å². The minimum absolute atomic E-state index is 0.0389. The van der Waals surface area contributed by atoms with Gasteiger partial charge in [0.1, 0.15) is 52.4 Å². The fraction of sp³-hybridized carbons (Fsp3) is 0.891. The second-order valence-corrected chi connectivity index (χ2v) is 22.9. The molecule has 70 heavy (non-hydrogen) atoms. The van der Waals surface area contributed by atoms with Gasteiger partial charge in [0.25, 0.3) is 5.91 Å². The molecule has 1 aliphatic carbocycles. The Morgan fingerprint density at radius 1 is 0.629 bits per heavy atom. The van der Waals surface area contributed by atoms with Gasteiger partial charge in [-0.25, -0.2) is 19.2 Å². The highest BCUT2D eigenvalue weighted by molar-refractivity contribution is 5.83. The lowest BCUT2D eigenvalue weighted by molar-refractivity contribution is -0.309. The highest BCUT2D eigenvalue weighted by atomic mass is 16.7. The van der Waals surface area contributed by atoms with Gasteiger partial charge in [-0.2, -0.15) is 0 Å². The topological polar surface area (TPSA) is 311 Å².